The Morgan fingerprint density at radius 1 is 1.38 bits per heavy atom. The number of nitriles is 1. The maximum absolute atomic E-state index is 11.9. The lowest BCUT2D eigenvalue weighted by atomic mass is 10.0. The number of hydrogen-bond donors (Lipinski definition) is 1. The highest BCUT2D eigenvalue weighted by molar-refractivity contribution is 5.81. The zero-order valence-electron chi connectivity index (χ0n) is 11.8. The standard InChI is InChI=1S/C16H17N3O2/c1-2-19(10-13-7-8-21-11-13)15(16(18)20)14-5-3-12(9-17)4-6-14/h3-8,11,15H,2,10H2,1H3,(H2,18,20)/t15-/m0/s1. The van der Waals surface area contributed by atoms with Crippen molar-refractivity contribution >= 4 is 5.91 Å². The van der Waals surface area contributed by atoms with Crippen molar-refractivity contribution < 1.29 is 9.21 Å². The molecule has 21 heavy (non-hydrogen) atoms. The normalized spacial score (nSPS) is 12.0. The van der Waals surface area contributed by atoms with Gasteiger partial charge in [-0.05, 0) is 30.3 Å². The fourth-order valence-electron chi connectivity index (χ4n) is 2.30. The van der Waals surface area contributed by atoms with E-state index in [4.69, 9.17) is 15.4 Å². The fraction of sp³-hybridized carbons (Fsp3) is 0.250. The Hall–Kier alpha value is -2.58. The van der Waals surface area contributed by atoms with Gasteiger partial charge in [0.1, 0.15) is 6.04 Å². The number of nitrogens with zero attached hydrogens (tertiary/aromatic N) is 2. The number of benzene rings is 1. The summed E-state index contributed by atoms with van der Waals surface area (Å²) < 4.78 is 5.06. The topological polar surface area (TPSA) is 83.3 Å². The summed E-state index contributed by atoms with van der Waals surface area (Å²) in [6.07, 6.45) is 3.25. The Morgan fingerprint density at radius 3 is 2.57 bits per heavy atom. The first-order chi connectivity index (χ1) is 10.2. The summed E-state index contributed by atoms with van der Waals surface area (Å²) in [5.74, 6) is -0.412. The molecule has 0 bridgehead atoms. The summed E-state index contributed by atoms with van der Waals surface area (Å²) in [6, 6.07) is 10.3. The van der Waals surface area contributed by atoms with Crippen LogP contribution in [0.4, 0.5) is 0 Å². The van der Waals surface area contributed by atoms with E-state index >= 15 is 0 Å². The fourth-order valence-corrected chi connectivity index (χ4v) is 2.30. The van der Waals surface area contributed by atoms with Gasteiger partial charge in [-0.3, -0.25) is 9.69 Å². The van der Waals surface area contributed by atoms with E-state index in [1.165, 1.54) is 0 Å². The molecule has 0 saturated heterocycles. The highest BCUT2D eigenvalue weighted by Gasteiger charge is 2.25. The Morgan fingerprint density at radius 2 is 2.10 bits per heavy atom. The molecule has 1 heterocycles. The van der Waals surface area contributed by atoms with Gasteiger partial charge in [-0.25, -0.2) is 0 Å². The summed E-state index contributed by atoms with van der Waals surface area (Å²) in [5, 5.41) is 8.84. The first-order valence-corrected chi connectivity index (χ1v) is 6.70. The Labute approximate surface area is 123 Å². The zero-order valence-corrected chi connectivity index (χ0v) is 11.8. The van der Waals surface area contributed by atoms with Gasteiger partial charge in [-0.2, -0.15) is 5.26 Å². The number of carbonyl (C=O) groups is 1. The third-order valence-electron chi connectivity index (χ3n) is 3.36. The van der Waals surface area contributed by atoms with Crippen LogP contribution in [0.2, 0.25) is 0 Å². The average molecular weight is 283 g/mol. The summed E-state index contributed by atoms with van der Waals surface area (Å²) in [4.78, 5) is 13.8. The van der Waals surface area contributed by atoms with Crippen molar-refractivity contribution in [1.29, 1.82) is 5.26 Å². The van der Waals surface area contributed by atoms with Gasteiger partial charge in [-0.1, -0.05) is 19.1 Å². The van der Waals surface area contributed by atoms with Crippen molar-refractivity contribution in [2.45, 2.75) is 19.5 Å². The van der Waals surface area contributed by atoms with Crippen LogP contribution in [0.5, 0.6) is 0 Å². The number of likely N-dealkylation sites (N-methyl/N-ethyl adjacent to an activating group) is 1. The SMILES string of the molecule is CCN(Cc1ccoc1)[C@H](C(N)=O)c1ccc(C#N)cc1. The molecule has 2 N–H and O–H groups in total. The van der Waals surface area contributed by atoms with Gasteiger partial charge >= 0.3 is 0 Å². The third-order valence-corrected chi connectivity index (χ3v) is 3.36. The molecule has 2 aromatic rings. The number of hydrogen-bond acceptors (Lipinski definition) is 4. The number of nitrogens with two attached hydrogens (primary N) is 1. The van der Waals surface area contributed by atoms with E-state index in [2.05, 4.69) is 6.07 Å². The van der Waals surface area contributed by atoms with Crippen LogP contribution in [0.3, 0.4) is 0 Å². The number of rotatable bonds is 6. The molecule has 0 unspecified atom stereocenters. The lowest BCUT2D eigenvalue weighted by molar-refractivity contribution is -0.123. The second-order valence-electron chi connectivity index (χ2n) is 4.73. The maximum atomic E-state index is 11.9. The van der Waals surface area contributed by atoms with E-state index < -0.39 is 11.9 Å². The van der Waals surface area contributed by atoms with Crippen LogP contribution in [0.15, 0.2) is 47.3 Å². The number of carbonyl (C=O) groups excluding carboxylic acids is 1. The molecule has 0 radical (unpaired) electrons. The van der Waals surface area contributed by atoms with E-state index in [1.807, 2.05) is 17.9 Å². The van der Waals surface area contributed by atoms with Gasteiger partial charge in [0.05, 0.1) is 24.2 Å². The van der Waals surface area contributed by atoms with E-state index in [0.29, 0.717) is 18.7 Å². The highest BCUT2D eigenvalue weighted by Crippen LogP contribution is 2.23. The minimum Gasteiger partial charge on any atom is -0.472 e. The van der Waals surface area contributed by atoms with Gasteiger partial charge in [0.25, 0.3) is 0 Å². The smallest absolute Gasteiger partial charge is 0.239 e. The Bertz CT molecular complexity index is 627. The monoisotopic (exact) mass is 283 g/mol. The van der Waals surface area contributed by atoms with Gasteiger partial charge < -0.3 is 10.2 Å². The molecule has 0 aliphatic carbocycles. The van der Waals surface area contributed by atoms with E-state index in [9.17, 15) is 4.79 Å². The Kier molecular flexibility index (Phi) is 4.75. The van der Waals surface area contributed by atoms with Crippen molar-refractivity contribution in [1.82, 2.24) is 4.90 Å². The number of furan rings is 1. The summed E-state index contributed by atoms with van der Waals surface area (Å²) in [6.45, 7) is 3.21. The van der Waals surface area contributed by atoms with Crippen LogP contribution in [-0.2, 0) is 11.3 Å². The third kappa shape index (κ3) is 3.50. The lowest BCUT2D eigenvalue weighted by Crippen LogP contribution is -2.37. The molecule has 108 valence electrons. The van der Waals surface area contributed by atoms with Gasteiger partial charge in [0.15, 0.2) is 0 Å². The predicted octanol–water partition coefficient (Wildman–Crippen LogP) is 2.20. The van der Waals surface area contributed by atoms with Crippen molar-refractivity contribution in [3.63, 3.8) is 0 Å². The van der Waals surface area contributed by atoms with Crippen LogP contribution < -0.4 is 5.73 Å². The molecular weight excluding hydrogens is 266 g/mol. The van der Waals surface area contributed by atoms with Crippen LogP contribution >= 0.6 is 0 Å². The predicted molar refractivity (Wildman–Crippen MR) is 77.9 cm³/mol. The second kappa shape index (κ2) is 6.73. The van der Waals surface area contributed by atoms with E-state index in [1.54, 1.807) is 36.8 Å². The molecule has 0 saturated carbocycles. The van der Waals surface area contributed by atoms with E-state index in [0.717, 1.165) is 11.1 Å². The molecule has 1 aromatic heterocycles. The van der Waals surface area contributed by atoms with Crippen molar-refractivity contribution in [2.75, 3.05) is 6.54 Å². The van der Waals surface area contributed by atoms with Gasteiger partial charge in [0.2, 0.25) is 5.91 Å². The van der Waals surface area contributed by atoms with Crippen LogP contribution in [0.25, 0.3) is 0 Å². The van der Waals surface area contributed by atoms with Crippen molar-refractivity contribution in [3.05, 3.63) is 59.5 Å². The molecule has 5 heteroatoms. The minimum absolute atomic E-state index is 0.412. The van der Waals surface area contributed by atoms with Crippen LogP contribution in [0.1, 0.15) is 29.7 Å². The highest BCUT2D eigenvalue weighted by atomic mass is 16.3. The maximum Gasteiger partial charge on any atom is 0.239 e. The largest absolute Gasteiger partial charge is 0.472 e. The summed E-state index contributed by atoms with van der Waals surface area (Å²) >= 11 is 0. The van der Waals surface area contributed by atoms with Crippen molar-refractivity contribution in [2.24, 2.45) is 5.73 Å². The molecule has 0 aliphatic rings. The summed E-state index contributed by atoms with van der Waals surface area (Å²) in [7, 11) is 0. The molecule has 1 aromatic carbocycles. The molecule has 0 aliphatic heterocycles. The number of primary amides is 1. The van der Waals surface area contributed by atoms with Crippen LogP contribution in [0, 0.1) is 11.3 Å². The molecule has 1 atom stereocenters. The molecule has 2 rings (SSSR count). The van der Waals surface area contributed by atoms with Crippen LogP contribution in [-0.4, -0.2) is 17.4 Å². The second-order valence-corrected chi connectivity index (χ2v) is 4.73. The molecule has 1 amide bonds. The number of amides is 1. The molecular formula is C16H17N3O2. The quantitative estimate of drug-likeness (QED) is 0.881. The van der Waals surface area contributed by atoms with E-state index in [-0.39, 0.29) is 0 Å². The average Bonchev–Trinajstić information content (AvgIpc) is 3.00. The molecule has 0 spiro atoms. The molecule has 0 fully saturated rings. The minimum atomic E-state index is -0.530. The molecule has 5 nitrogen and oxygen atoms in total. The zero-order chi connectivity index (χ0) is 15.2. The summed E-state index contributed by atoms with van der Waals surface area (Å²) in [5.41, 5.74) is 7.90. The first-order valence-electron chi connectivity index (χ1n) is 6.70. The first kappa shape index (κ1) is 14.8. The van der Waals surface area contributed by atoms with Crippen molar-refractivity contribution in [3.8, 4) is 6.07 Å². The Balaban J connectivity index is 2.27. The van der Waals surface area contributed by atoms with Gasteiger partial charge in [0, 0.05) is 12.1 Å². The van der Waals surface area contributed by atoms with Gasteiger partial charge in [-0.15, -0.1) is 0 Å². The lowest BCUT2D eigenvalue weighted by Gasteiger charge is -2.28.